The summed E-state index contributed by atoms with van der Waals surface area (Å²) in [4.78, 5) is 11.3. The molecule has 0 saturated carbocycles. The van der Waals surface area contributed by atoms with Crippen molar-refractivity contribution in [1.29, 1.82) is 5.26 Å². The van der Waals surface area contributed by atoms with Crippen LogP contribution in [0.15, 0.2) is 30.5 Å². The van der Waals surface area contributed by atoms with E-state index in [1.807, 2.05) is 38.2 Å². The highest BCUT2D eigenvalue weighted by Crippen LogP contribution is 2.20. The van der Waals surface area contributed by atoms with Crippen molar-refractivity contribution in [1.82, 2.24) is 0 Å². The van der Waals surface area contributed by atoms with Gasteiger partial charge in [0.2, 0.25) is 0 Å². The summed E-state index contributed by atoms with van der Waals surface area (Å²) < 4.78 is 0. The van der Waals surface area contributed by atoms with Crippen molar-refractivity contribution in [3.8, 4) is 6.07 Å². The Bertz CT molecular complexity index is 697. The monoisotopic (exact) mass is 295 g/mol. The quantitative estimate of drug-likeness (QED) is 0.834. The lowest BCUT2D eigenvalue weighted by molar-refractivity contribution is -0.374. The molecule has 1 saturated heterocycles. The lowest BCUT2D eigenvalue weighted by Crippen LogP contribution is -2.49. The minimum Gasteiger partial charge on any atom is -0.254 e. The van der Waals surface area contributed by atoms with Crippen molar-refractivity contribution in [3.05, 3.63) is 47.3 Å². The number of H-pyrrole nitrogens is 2. The van der Waals surface area contributed by atoms with E-state index in [-0.39, 0.29) is 0 Å². The minimum absolute atomic E-state index is 0.755. The summed E-state index contributed by atoms with van der Waals surface area (Å²) in [7, 11) is 0. The maximum Gasteiger partial charge on any atom is 0.293 e. The Labute approximate surface area is 130 Å². The zero-order valence-corrected chi connectivity index (χ0v) is 13.1. The predicted octanol–water partition coefficient (Wildman–Crippen LogP) is 1.13. The summed E-state index contributed by atoms with van der Waals surface area (Å²) >= 11 is 0. The molecule has 5 nitrogen and oxygen atoms in total. The zero-order chi connectivity index (χ0) is 15.5. The van der Waals surface area contributed by atoms with E-state index in [9.17, 15) is 5.26 Å². The first-order valence-corrected chi connectivity index (χ1v) is 7.59. The van der Waals surface area contributed by atoms with Gasteiger partial charge in [0.15, 0.2) is 0 Å². The van der Waals surface area contributed by atoms with E-state index in [0.29, 0.717) is 0 Å². The summed E-state index contributed by atoms with van der Waals surface area (Å²) in [5.74, 6) is 2.10. The number of piperazine rings is 1. The average molecular weight is 295 g/mol. The number of nitrogens with zero attached hydrogens (tertiary/aromatic N) is 3. The molecule has 112 valence electrons. The number of hydrogen-bond acceptors (Lipinski definition) is 3. The average Bonchev–Trinajstić information content (AvgIpc) is 2.55. The van der Waals surface area contributed by atoms with Crippen LogP contribution in [-0.2, 0) is 0 Å². The second-order valence-corrected chi connectivity index (χ2v) is 5.69. The highest BCUT2D eigenvalue weighted by Gasteiger charge is 2.30. The largest absolute Gasteiger partial charge is 0.293 e. The van der Waals surface area contributed by atoms with Gasteiger partial charge in [0.05, 0.1) is 11.9 Å². The SMILES string of the molecule is Cc1cc(C)c(C#N)c(N2CCN(c3cccc[nH+]3)CC2)[nH+]1. The summed E-state index contributed by atoms with van der Waals surface area (Å²) in [6.07, 6.45) is 1.95. The van der Waals surface area contributed by atoms with E-state index in [0.717, 1.165) is 54.6 Å². The summed E-state index contributed by atoms with van der Waals surface area (Å²) in [5, 5.41) is 9.44. The van der Waals surface area contributed by atoms with Gasteiger partial charge in [0.1, 0.15) is 37.8 Å². The van der Waals surface area contributed by atoms with E-state index in [4.69, 9.17) is 0 Å². The smallest absolute Gasteiger partial charge is 0.254 e. The fraction of sp³-hybridized carbons (Fsp3) is 0.353. The van der Waals surface area contributed by atoms with Crippen LogP contribution in [-0.4, -0.2) is 26.2 Å². The maximum atomic E-state index is 9.44. The number of anilines is 2. The fourth-order valence-corrected chi connectivity index (χ4v) is 3.00. The molecule has 0 bridgehead atoms. The lowest BCUT2D eigenvalue weighted by Gasteiger charge is -2.27. The van der Waals surface area contributed by atoms with E-state index in [1.165, 1.54) is 0 Å². The first-order valence-electron chi connectivity index (χ1n) is 7.59. The molecule has 0 radical (unpaired) electrons. The Hall–Kier alpha value is -2.61. The van der Waals surface area contributed by atoms with Gasteiger partial charge in [0, 0.05) is 6.07 Å². The number of rotatable bonds is 2. The standard InChI is InChI=1S/C17H19N5/c1-13-11-14(2)20-17(15(13)12-18)22-9-7-21(8-10-22)16-5-3-4-6-19-16/h3-6,11H,7-10H2,1-2H3/p+2. The molecule has 0 aromatic carbocycles. The van der Waals surface area contributed by atoms with Crippen LogP contribution in [0, 0.1) is 25.2 Å². The Kier molecular flexibility index (Phi) is 3.92. The van der Waals surface area contributed by atoms with Crippen molar-refractivity contribution in [2.24, 2.45) is 0 Å². The topological polar surface area (TPSA) is 58.6 Å². The third kappa shape index (κ3) is 2.73. The molecule has 0 aliphatic carbocycles. The number of aromatic amines is 2. The number of nitrogens with one attached hydrogen (secondary N) is 2. The van der Waals surface area contributed by atoms with Crippen molar-refractivity contribution in [2.75, 3.05) is 36.0 Å². The Morgan fingerprint density at radius 1 is 1.09 bits per heavy atom. The van der Waals surface area contributed by atoms with Crippen molar-refractivity contribution in [3.63, 3.8) is 0 Å². The number of pyridine rings is 2. The number of nitriles is 1. The second-order valence-electron chi connectivity index (χ2n) is 5.69. The third-order valence-electron chi connectivity index (χ3n) is 4.12. The molecule has 22 heavy (non-hydrogen) atoms. The summed E-state index contributed by atoms with van der Waals surface area (Å²) in [6.45, 7) is 7.71. The Balaban J connectivity index is 1.79. The van der Waals surface area contributed by atoms with Crippen LogP contribution >= 0.6 is 0 Å². The molecule has 2 aromatic rings. The zero-order valence-electron chi connectivity index (χ0n) is 13.1. The lowest BCUT2D eigenvalue weighted by atomic mass is 10.1. The molecule has 1 aliphatic rings. The van der Waals surface area contributed by atoms with Crippen LogP contribution in [0.3, 0.4) is 0 Å². The van der Waals surface area contributed by atoms with Gasteiger partial charge in [-0.05, 0) is 31.5 Å². The molecule has 2 N–H and O–H groups in total. The normalized spacial score (nSPS) is 14.8. The summed E-state index contributed by atoms with van der Waals surface area (Å²) in [6, 6.07) is 10.5. The second kappa shape index (κ2) is 6.02. The number of hydrogen-bond donors (Lipinski definition) is 0. The Morgan fingerprint density at radius 3 is 2.45 bits per heavy atom. The van der Waals surface area contributed by atoms with Crippen molar-refractivity contribution < 1.29 is 9.97 Å². The molecule has 0 atom stereocenters. The van der Waals surface area contributed by atoms with Crippen LogP contribution < -0.4 is 19.8 Å². The van der Waals surface area contributed by atoms with Crippen LogP contribution in [0.25, 0.3) is 0 Å². The van der Waals surface area contributed by atoms with Gasteiger partial charge < -0.3 is 0 Å². The molecule has 1 fully saturated rings. The Morgan fingerprint density at radius 2 is 1.82 bits per heavy atom. The molecular formula is C17H21N5+2. The fourth-order valence-electron chi connectivity index (χ4n) is 3.00. The first-order chi connectivity index (χ1) is 10.7. The van der Waals surface area contributed by atoms with Crippen LogP contribution in [0.2, 0.25) is 0 Å². The van der Waals surface area contributed by atoms with Gasteiger partial charge in [-0.3, -0.25) is 9.80 Å². The van der Waals surface area contributed by atoms with Crippen LogP contribution in [0.5, 0.6) is 0 Å². The van der Waals surface area contributed by atoms with E-state index >= 15 is 0 Å². The van der Waals surface area contributed by atoms with Crippen LogP contribution in [0.4, 0.5) is 11.6 Å². The van der Waals surface area contributed by atoms with Gasteiger partial charge in [-0.2, -0.15) is 5.26 Å². The number of aryl methyl sites for hydroxylation is 2. The predicted molar refractivity (Wildman–Crippen MR) is 84.6 cm³/mol. The highest BCUT2D eigenvalue weighted by molar-refractivity contribution is 5.55. The molecule has 1 aliphatic heterocycles. The highest BCUT2D eigenvalue weighted by atomic mass is 15.3. The molecule has 5 heteroatoms. The molecule has 3 rings (SSSR count). The molecule has 2 aromatic heterocycles. The summed E-state index contributed by atoms with van der Waals surface area (Å²) in [5.41, 5.74) is 2.88. The molecule has 0 amide bonds. The van der Waals surface area contributed by atoms with Gasteiger partial charge in [0.25, 0.3) is 11.6 Å². The molecule has 3 heterocycles. The maximum absolute atomic E-state index is 9.44. The minimum atomic E-state index is 0.755. The molecular weight excluding hydrogens is 274 g/mol. The van der Waals surface area contributed by atoms with Gasteiger partial charge in [-0.25, -0.2) is 9.97 Å². The molecule has 0 unspecified atom stereocenters. The first kappa shape index (κ1) is 14.3. The van der Waals surface area contributed by atoms with E-state index < -0.39 is 0 Å². The van der Waals surface area contributed by atoms with Gasteiger partial charge in [-0.1, -0.05) is 6.07 Å². The molecule has 0 spiro atoms. The van der Waals surface area contributed by atoms with Crippen molar-refractivity contribution >= 4 is 11.6 Å². The number of aromatic nitrogens is 2. The van der Waals surface area contributed by atoms with Gasteiger partial charge >= 0.3 is 0 Å². The third-order valence-corrected chi connectivity index (χ3v) is 4.12. The van der Waals surface area contributed by atoms with Crippen LogP contribution in [0.1, 0.15) is 16.8 Å². The van der Waals surface area contributed by atoms with Gasteiger partial charge in [-0.15, -0.1) is 0 Å². The van der Waals surface area contributed by atoms with E-state index in [1.54, 1.807) is 0 Å². The van der Waals surface area contributed by atoms with E-state index in [2.05, 4.69) is 31.9 Å². The van der Waals surface area contributed by atoms with Crippen molar-refractivity contribution in [2.45, 2.75) is 13.8 Å².